The highest BCUT2D eigenvalue weighted by atomic mass is 79.9. The molecule has 2 aromatic rings. The van der Waals surface area contributed by atoms with Gasteiger partial charge in [-0.05, 0) is 35.9 Å². The summed E-state index contributed by atoms with van der Waals surface area (Å²) < 4.78 is 1.58. The second-order valence-corrected chi connectivity index (χ2v) is 6.18. The lowest BCUT2D eigenvalue weighted by Gasteiger charge is -2.09. The average Bonchev–Trinajstić information content (AvgIpc) is 2.43. The molecule has 0 aliphatic rings. The molecule has 2 N–H and O–H groups in total. The van der Waals surface area contributed by atoms with E-state index in [-0.39, 0.29) is 23.6 Å². The molecule has 0 aliphatic heterocycles. The Bertz CT molecular complexity index is 684. The molecule has 0 heterocycles. The summed E-state index contributed by atoms with van der Waals surface area (Å²) in [6, 6.07) is 12.1. The van der Waals surface area contributed by atoms with Crippen molar-refractivity contribution < 1.29 is 14.7 Å². The summed E-state index contributed by atoms with van der Waals surface area (Å²) >= 11 is 6.54. The van der Waals surface area contributed by atoms with Gasteiger partial charge < -0.3 is 10.4 Å². The third kappa shape index (κ3) is 4.41. The molecule has 0 fully saturated rings. The number of carboxylic acid groups (broad SMARTS) is 1. The van der Waals surface area contributed by atoms with Crippen LogP contribution in [0.25, 0.3) is 0 Å². The van der Waals surface area contributed by atoms with E-state index in [0.717, 1.165) is 10.0 Å². The van der Waals surface area contributed by atoms with E-state index in [1.807, 2.05) is 24.3 Å². The predicted octanol–water partition coefficient (Wildman–Crippen LogP) is 4.09. The van der Waals surface area contributed by atoms with Gasteiger partial charge in [-0.3, -0.25) is 4.79 Å². The Labute approximate surface area is 138 Å². The van der Waals surface area contributed by atoms with Crippen molar-refractivity contribution in [3.8, 4) is 0 Å². The summed E-state index contributed by atoms with van der Waals surface area (Å²) in [7, 11) is 0. The van der Waals surface area contributed by atoms with Crippen molar-refractivity contribution in [1.82, 2.24) is 0 Å². The Morgan fingerprint density at radius 3 is 2.24 bits per heavy atom. The van der Waals surface area contributed by atoms with E-state index in [1.165, 1.54) is 6.07 Å². The number of carboxylic acids is 1. The summed E-state index contributed by atoms with van der Waals surface area (Å²) in [5.41, 5.74) is 1.19. The van der Waals surface area contributed by atoms with Gasteiger partial charge in [-0.15, -0.1) is 0 Å². The standard InChI is InChI=1S/C15H11Br2NO3/c16-10-3-1-9(2-4-10)7-14(19)18-13-6-5-11(17)8-12(13)15(20)21/h1-6,8H,7H2,(H,18,19)(H,20,21). The van der Waals surface area contributed by atoms with Crippen molar-refractivity contribution in [1.29, 1.82) is 0 Å². The molecule has 0 bridgehead atoms. The van der Waals surface area contributed by atoms with Crippen LogP contribution in [0.4, 0.5) is 5.69 Å². The Hall–Kier alpha value is -1.66. The summed E-state index contributed by atoms with van der Waals surface area (Å²) in [6.07, 6.45) is 0.183. The van der Waals surface area contributed by atoms with Gasteiger partial charge in [-0.2, -0.15) is 0 Å². The minimum absolute atomic E-state index is 0.0496. The molecule has 0 saturated carbocycles. The van der Waals surface area contributed by atoms with Gasteiger partial charge >= 0.3 is 5.97 Å². The first-order valence-corrected chi connectivity index (χ1v) is 7.61. The first-order chi connectivity index (χ1) is 9.95. The highest BCUT2D eigenvalue weighted by molar-refractivity contribution is 9.10. The van der Waals surface area contributed by atoms with Crippen LogP contribution >= 0.6 is 31.9 Å². The predicted molar refractivity (Wildman–Crippen MR) is 87.6 cm³/mol. The molecule has 0 saturated heterocycles. The number of aromatic carboxylic acids is 1. The zero-order chi connectivity index (χ0) is 15.4. The third-order valence-electron chi connectivity index (χ3n) is 2.76. The molecular weight excluding hydrogens is 402 g/mol. The molecule has 0 spiro atoms. The Morgan fingerprint density at radius 2 is 1.62 bits per heavy atom. The van der Waals surface area contributed by atoms with Gasteiger partial charge in [0.05, 0.1) is 17.7 Å². The first kappa shape index (κ1) is 15.7. The lowest BCUT2D eigenvalue weighted by molar-refractivity contribution is -0.115. The van der Waals surface area contributed by atoms with E-state index in [2.05, 4.69) is 37.2 Å². The number of anilines is 1. The van der Waals surface area contributed by atoms with Gasteiger partial charge in [0, 0.05) is 8.95 Å². The smallest absolute Gasteiger partial charge is 0.337 e. The maximum atomic E-state index is 12.0. The SMILES string of the molecule is O=C(Cc1ccc(Br)cc1)Nc1ccc(Br)cc1C(=O)O. The lowest BCUT2D eigenvalue weighted by Crippen LogP contribution is -2.16. The van der Waals surface area contributed by atoms with E-state index in [0.29, 0.717) is 4.47 Å². The molecular formula is C15H11Br2NO3. The normalized spacial score (nSPS) is 10.2. The van der Waals surface area contributed by atoms with Gasteiger partial charge in [0.15, 0.2) is 0 Å². The number of halogens is 2. The van der Waals surface area contributed by atoms with Crippen LogP contribution in [0.3, 0.4) is 0 Å². The Morgan fingerprint density at radius 1 is 1.00 bits per heavy atom. The average molecular weight is 413 g/mol. The van der Waals surface area contributed by atoms with Crippen LogP contribution < -0.4 is 5.32 Å². The molecule has 0 atom stereocenters. The topological polar surface area (TPSA) is 66.4 Å². The van der Waals surface area contributed by atoms with E-state index in [9.17, 15) is 9.59 Å². The number of hydrogen-bond acceptors (Lipinski definition) is 2. The van der Waals surface area contributed by atoms with Crippen molar-refractivity contribution in [3.05, 3.63) is 62.5 Å². The number of rotatable bonds is 4. The van der Waals surface area contributed by atoms with Crippen LogP contribution in [0.15, 0.2) is 51.4 Å². The van der Waals surface area contributed by atoms with Crippen molar-refractivity contribution in [2.45, 2.75) is 6.42 Å². The second-order valence-electron chi connectivity index (χ2n) is 4.35. The highest BCUT2D eigenvalue weighted by Gasteiger charge is 2.13. The minimum Gasteiger partial charge on any atom is -0.478 e. The lowest BCUT2D eigenvalue weighted by atomic mass is 10.1. The van der Waals surface area contributed by atoms with Gasteiger partial charge in [0.1, 0.15) is 0 Å². The van der Waals surface area contributed by atoms with E-state index in [4.69, 9.17) is 5.11 Å². The van der Waals surface area contributed by atoms with E-state index < -0.39 is 5.97 Å². The Kier molecular flexibility index (Phi) is 5.14. The fraction of sp³-hybridized carbons (Fsp3) is 0.0667. The molecule has 4 nitrogen and oxygen atoms in total. The minimum atomic E-state index is -1.09. The summed E-state index contributed by atoms with van der Waals surface area (Å²) in [6.45, 7) is 0. The fourth-order valence-electron chi connectivity index (χ4n) is 1.78. The van der Waals surface area contributed by atoms with Gasteiger partial charge in [0.25, 0.3) is 0 Å². The molecule has 108 valence electrons. The number of hydrogen-bond donors (Lipinski definition) is 2. The summed E-state index contributed by atoms with van der Waals surface area (Å²) in [5.74, 6) is -1.35. The first-order valence-electron chi connectivity index (χ1n) is 6.03. The molecule has 2 aromatic carbocycles. The van der Waals surface area contributed by atoms with Crippen LogP contribution in [0.1, 0.15) is 15.9 Å². The fourth-order valence-corrected chi connectivity index (χ4v) is 2.41. The zero-order valence-electron chi connectivity index (χ0n) is 10.8. The van der Waals surface area contributed by atoms with E-state index in [1.54, 1.807) is 12.1 Å². The number of benzene rings is 2. The third-order valence-corrected chi connectivity index (χ3v) is 3.79. The molecule has 1 amide bonds. The highest BCUT2D eigenvalue weighted by Crippen LogP contribution is 2.21. The largest absolute Gasteiger partial charge is 0.478 e. The van der Waals surface area contributed by atoms with Crippen LogP contribution in [0.5, 0.6) is 0 Å². The monoisotopic (exact) mass is 411 g/mol. The van der Waals surface area contributed by atoms with Crippen LogP contribution in [-0.2, 0) is 11.2 Å². The maximum absolute atomic E-state index is 12.0. The van der Waals surface area contributed by atoms with Crippen molar-refractivity contribution in [3.63, 3.8) is 0 Å². The number of carbonyl (C=O) groups excluding carboxylic acids is 1. The van der Waals surface area contributed by atoms with Crippen molar-refractivity contribution >= 4 is 49.4 Å². The van der Waals surface area contributed by atoms with Crippen LogP contribution in [-0.4, -0.2) is 17.0 Å². The molecule has 2 rings (SSSR count). The maximum Gasteiger partial charge on any atom is 0.337 e. The second kappa shape index (κ2) is 6.87. The van der Waals surface area contributed by atoms with Crippen LogP contribution in [0.2, 0.25) is 0 Å². The molecule has 6 heteroatoms. The van der Waals surface area contributed by atoms with E-state index >= 15 is 0 Å². The molecule has 0 aliphatic carbocycles. The number of carbonyl (C=O) groups is 2. The van der Waals surface area contributed by atoms with Crippen molar-refractivity contribution in [2.75, 3.05) is 5.32 Å². The Balaban J connectivity index is 2.12. The van der Waals surface area contributed by atoms with Crippen LogP contribution in [0, 0.1) is 0 Å². The number of amides is 1. The molecule has 0 unspecified atom stereocenters. The van der Waals surface area contributed by atoms with Gasteiger partial charge in [0.2, 0.25) is 5.91 Å². The van der Waals surface area contributed by atoms with Gasteiger partial charge in [-0.25, -0.2) is 4.79 Å². The molecule has 21 heavy (non-hydrogen) atoms. The zero-order valence-corrected chi connectivity index (χ0v) is 13.9. The quantitative estimate of drug-likeness (QED) is 0.794. The van der Waals surface area contributed by atoms with Crippen molar-refractivity contribution in [2.24, 2.45) is 0 Å². The summed E-state index contributed by atoms with van der Waals surface area (Å²) in [5, 5.41) is 11.8. The van der Waals surface area contributed by atoms with Gasteiger partial charge in [-0.1, -0.05) is 44.0 Å². The summed E-state index contributed by atoms with van der Waals surface area (Å²) in [4.78, 5) is 23.2. The molecule has 0 aromatic heterocycles. The number of nitrogens with one attached hydrogen (secondary N) is 1. The molecule has 0 radical (unpaired) electrons.